The molecular weight excluding hydrogens is 464 g/mol. The Hall–Kier alpha value is -2.71. The normalized spacial score (nSPS) is 10.9. The standard InChI is InChI=1S/C22H21BrN4O2S/c1-15-11-16(2)26-22(25-15)30-14-21(28)27-24-12-17-5-9-20(10-6-17)29-13-18-3-7-19(23)8-4-18/h3-12H,13-14H2,1-2H3,(H,27,28)/b24-12-. The number of carbonyl (C=O) groups is 1. The third-order valence-corrected chi connectivity index (χ3v) is 5.27. The molecule has 0 radical (unpaired) electrons. The van der Waals surface area contributed by atoms with E-state index >= 15 is 0 Å². The van der Waals surface area contributed by atoms with E-state index in [2.05, 4.69) is 36.4 Å². The Morgan fingerprint density at radius 1 is 1.10 bits per heavy atom. The Balaban J connectivity index is 1.43. The number of nitrogens with zero attached hydrogens (tertiary/aromatic N) is 3. The topological polar surface area (TPSA) is 76.5 Å². The highest BCUT2D eigenvalue weighted by atomic mass is 79.9. The molecule has 0 saturated carbocycles. The molecule has 3 rings (SSSR count). The Labute approximate surface area is 188 Å². The molecule has 1 heterocycles. The molecule has 1 amide bonds. The average Bonchev–Trinajstić information content (AvgIpc) is 2.72. The van der Waals surface area contributed by atoms with E-state index in [0.717, 1.165) is 32.7 Å². The van der Waals surface area contributed by atoms with Gasteiger partial charge in [0.15, 0.2) is 5.16 Å². The van der Waals surface area contributed by atoms with Gasteiger partial charge in [0.25, 0.3) is 5.91 Å². The lowest BCUT2D eigenvalue weighted by molar-refractivity contribution is -0.118. The van der Waals surface area contributed by atoms with E-state index in [0.29, 0.717) is 11.8 Å². The second kappa shape index (κ2) is 10.9. The number of thioether (sulfide) groups is 1. The summed E-state index contributed by atoms with van der Waals surface area (Å²) < 4.78 is 6.82. The van der Waals surface area contributed by atoms with E-state index in [1.165, 1.54) is 11.8 Å². The number of halogens is 1. The lowest BCUT2D eigenvalue weighted by Gasteiger charge is -2.06. The fourth-order valence-corrected chi connectivity index (χ4v) is 3.50. The molecule has 30 heavy (non-hydrogen) atoms. The Morgan fingerprint density at radius 2 is 1.77 bits per heavy atom. The lowest BCUT2D eigenvalue weighted by Crippen LogP contribution is -2.19. The quantitative estimate of drug-likeness (QED) is 0.217. The zero-order chi connectivity index (χ0) is 21.3. The van der Waals surface area contributed by atoms with Crippen molar-refractivity contribution in [3.05, 3.63) is 81.6 Å². The van der Waals surface area contributed by atoms with Gasteiger partial charge in [-0.15, -0.1) is 0 Å². The molecule has 0 aliphatic carbocycles. The summed E-state index contributed by atoms with van der Waals surface area (Å²) in [5.74, 6) is 0.751. The first kappa shape index (κ1) is 22.0. The molecule has 0 spiro atoms. The van der Waals surface area contributed by atoms with Crippen LogP contribution in [0.2, 0.25) is 0 Å². The van der Waals surface area contributed by atoms with Crippen molar-refractivity contribution < 1.29 is 9.53 Å². The minimum atomic E-state index is -0.214. The molecule has 0 saturated heterocycles. The van der Waals surface area contributed by atoms with Gasteiger partial charge in [-0.25, -0.2) is 15.4 Å². The van der Waals surface area contributed by atoms with Crippen LogP contribution in [0.1, 0.15) is 22.5 Å². The highest BCUT2D eigenvalue weighted by molar-refractivity contribution is 9.10. The maximum Gasteiger partial charge on any atom is 0.250 e. The van der Waals surface area contributed by atoms with Crippen LogP contribution in [-0.4, -0.2) is 27.8 Å². The molecular formula is C22H21BrN4O2S. The minimum absolute atomic E-state index is 0.197. The first-order valence-corrected chi connectivity index (χ1v) is 11.0. The fourth-order valence-electron chi connectivity index (χ4n) is 2.50. The molecule has 0 unspecified atom stereocenters. The predicted octanol–water partition coefficient (Wildman–Crippen LogP) is 4.68. The largest absolute Gasteiger partial charge is 0.489 e. The summed E-state index contributed by atoms with van der Waals surface area (Å²) in [6.07, 6.45) is 1.59. The van der Waals surface area contributed by atoms with Gasteiger partial charge in [0.1, 0.15) is 12.4 Å². The van der Waals surface area contributed by atoms with Gasteiger partial charge >= 0.3 is 0 Å². The van der Waals surface area contributed by atoms with Crippen molar-refractivity contribution in [2.75, 3.05) is 5.75 Å². The number of ether oxygens (including phenoxy) is 1. The second-order valence-corrected chi connectivity index (χ2v) is 8.36. The summed E-state index contributed by atoms with van der Waals surface area (Å²) in [5.41, 5.74) is 6.23. The van der Waals surface area contributed by atoms with Crippen molar-refractivity contribution in [2.45, 2.75) is 25.6 Å². The minimum Gasteiger partial charge on any atom is -0.489 e. The summed E-state index contributed by atoms with van der Waals surface area (Å²) in [7, 11) is 0. The second-order valence-electron chi connectivity index (χ2n) is 6.50. The van der Waals surface area contributed by atoms with E-state index in [1.54, 1.807) is 6.21 Å². The highest BCUT2D eigenvalue weighted by Gasteiger charge is 2.05. The van der Waals surface area contributed by atoms with Crippen LogP contribution in [0.3, 0.4) is 0 Å². The van der Waals surface area contributed by atoms with E-state index < -0.39 is 0 Å². The van der Waals surface area contributed by atoms with Crippen molar-refractivity contribution in [1.82, 2.24) is 15.4 Å². The molecule has 8 heteroatoms. The van der Waals surface area contributed by atoms with Gasteiger partial charge in [0, 0.05) is 15.9 Å². The van der Waals surface area contributed by atoms with E-state index in [4.69, 9.17) is 4.74 Å². The van der Waals surface area contributed by atoms with Gasteiger partial charge in [-0.05, 0) is 67.4 Å². The maximum absolute atomic E-state index is 11.9. The van der Waals surface area contributed by atoms with Crippen molar-refractivity contribution in [2.24, 2.45) is 5.10 Å². The van der Waals surface area contributed by atoms with E-state index in [1.807, 2.05) is 68.4 Å². The molecule has 3 aromatic rings. The third-order valence-electron chi connectivity index (χ3n) is 3.90. The number of rotatable bonds is 8. The molecule has 154 valence electrons. The van der Waals surface area contributed by atoms with Crippen LogP contribution in [0.25, 0.3) is 0 Å². The van der Waals surface area contributed by atoms with Crippen molar-refractivity contribution in [1.29, 1.82) is 0 Å². The number of hydrazone groups is 1. The van der Waals surface area contributed by atoms with Crippen LogP contribution >= 0.6 is 27.7 Å². The Bertz CT molecular complexity index is 1000. The van der Waals surface area contributed by atoms with Gasteiger partial charge in [-0.3, -0.25) is 4.79 Å². The molecule has 6 nitrogen and oxygen atoms in total. The van der Waals surface area contributed by atoms with E-state index in [-0.39, 0.29) is 11.7 Å². The van der Waals surface area contributed by atoms with Crippen LogP contribution in [0.5, 0.6) is 5.75 Å². The number of carbonyl (C=O) groups excluding carboxylic acids is 1. The van der Waals surface area contributed by atoms with Crippen LogP contribution in [0, 0.1) is 13.8 Å². The molecule has 0 atom stereocenters. The predicted molar refractivity (Wildman–Crippen MR) is 123 cm³/mol. The average molecular weight is 485 g/mol. The first-order chi connectivity index (χ1) is 14.5. The monoisotopic (exact) mass is 484 g/mol. The van der Waals surface area contributed by atoms with Crippen LogP contribution in [0.4, 0.5) is 0 Å². The number of amides is 1. The number of hydrogen-bond acceptors (Lipinski definition) is 6. The first-order valence-electron chi connectivity index (χ1n) is 9.22. The number of aromatic nitrogens is 2. The van der Waals surface area contributed by atoms with Crippen molar-refractivity contribution in [3.8, 4) is 5.75 Å². The Kier molecular flexibility index (Phi) is 7.98. The summed E-state index contributed by atoms with van der Waals surface area (Å²) in [6, 6.07) is 17.4. The lowest BCUT2D eigenvalue weighted by atomic mass is 10.2. The number of benzene rings is 2. The fraction of sp³-hybridized carbons (Fsp3) is 0.182. The molecule has 0 bridgehead atoms. The zero-order valence-electron chi connectivity index (χ0n) is 16.6. The van der Waals surface area contributed by atoms with Crippen LogP contribution < -0.4 is 10.2 Å². The Morgan fingerprint density at radius 3 is 2.43 bits per heavy atom. The third kappa shape index (κ3) is 7.27. The van der Waals surface area contributed by atoms with Crippen molar-refractivity contribution >= 4 is 39.8 Å². The molecule has 0 aliphatic rings. The number of nitrogens with one attached hydrogen (secondary N) is 1. The summed E-state index contributed by atoms with van der Waals surface area (Å²) in [4.78, 5) is 20.5. The smallest absolute Gasteiger partial charge is 0.250 e. The van der Waals surface area contributed by atoms with Gasteiger partial charge in [0.2, 0.25) is 0 Å². The number of hydrogen-bond donors (Lipinski definition) is 1. The van der Waals surface area contributed by atoms with E-state index in [9.17, 15) is 4.79 Å². The summed E-state index contributed by atoms with van der Waals surface area (Å²) >= 11 is 4.70. The molecule has 0 fully saturated rings. The van der Waals surface area contributed by atoms with Gasteiger partial charge in [-0.2, -0.15) is 5.10 Å². The van der Waals surface area contributed by atoms with Gasteiger partial charge in [0.05, 0.1) is 12.0 Å². The van der Waals surface area contributed by atoms with Gasteiger partial charge < -0.3 is 4.74 Å². The maximum atomic E-state index is 11.9. The molecule has 1 N–H and O–H groups in total. The SMILES string of the molecule is Cc1cc(C)nc(SCC(=O)N/N=C\c2ccc(OCc3ccc(Br)cc3)cc2)n1. The summed E-state index contributed by atoms with van der Waals surface area (Å²) in [6.45, 7) is 4.30. The zero-order valence-corrected chi connectivity index (χ0v) is 19.0. The molecule has 1 aromatic heterocycles. The number of aryl methyl sites for hydroxylation is 2. The van der Waals surface area contributed by atoms with Crippen molar-refractivity contribution in [3.63, 3.8) is 0 Å². The molecule has 0 aliphatic heterocycles. The molecule has 2 aromatic carbocycles. The highest BCUT2D eigenvalue weighted by Crippen LogP contribution is 2.16. The van der Waals surface area contributed by atoms with Gasteiger partial charge in [-0.1, -0.05) is 39.8 Å². The van der Waals surface area contributed by atoms with Crippen LogP contribution in [-0.2, 0) is 11.4 Å². The summed E-state index contributed by atoms with van der Waals surface area (Å²) in [5, 5.41) is 4.58. The van der Waals surface area contributed by atoms with Crippen LogP contribution in [0.15, 0.2) is 69.3 Å².